The third-order valence-electron chi connectivity index (χ3n) is 4.01. The molecule has 2 nitrogen and oxygen atoms in total. The van der Waals surface area contributed by atoms with Crippen molar-refractivity contribution in [1.29, 1.82) is 0 Å². The molecule has 0 atom stereocenters. The highest BCUT2D eigenvalue weighted by Gasteiger charge is 2.11. The molecule has 1 heterocycles. The van der Waals surface area contributed by atoms with Gasteiger partial charge >= 0.3 is 0 Å². The van der Waals surface area contributed by atoms with Crippen molar-refractivity contribution in [3.63, 3.8) is 0 Å². The van der Waals surface area contributed by atoms with E-state index < -0.39 is 0 Å². The summed E-state index contributed by atoms with van der Waals surface area (Å²) in [5.41, 5.74) is 0. The van der Waals surface area contributed by atoms with Gasteiger partial charge in [0.25, 0.3) is 0 Å². The van der Waals surface area contributed by atoms with Crippen LogP contribution in [0.2, 0.25) is 0 Å². The van der Waals surface area contributed by atoms with Gasteiger partial charge in [-0.3, -0.25) is 0 Å². The molecule has 0 aromatic rings. The minimum Gasteiger partial charge on any atom is -0.317 e. The molecule has 0 unspecified atom stereocenters. The normalized spacial score (nSPS) is 18.2. The molecule has 1 rings (SSSR count). The highest BCUT2D eigenvalue weighted by molar-refractivity contribution is 4.69. The van der Waals surface area contributed by atoms with E-state index in [2.05, 4.69) is 24.5 Å². The fourth-order valence-electron chi connectivity index (χ4n) is 2.57. The monoisotopic (exact) mass is 226 g/mol. The Balaban J connectivity index is 1.90. The molecule has 16 heavy (non-hydrogen) atoms. The molecule has 0 aromatic carbocycles. The number of piperidine rings is 1. The summed E-state index contributed by atoms with van der Waals surface area (Å²) >= 11 is 0. The molecule has 0 bridgehead atoms. The third kappa shape index (κ3) is 5.86. The summed E-state index contributed by atoms with van der Waals surface area (Å²) in [6.07, 6.45) is 8.22. The van der Waals surface area contributed by atoms with Gasteiger partial charge in [-0.05, 0) is 63.7 Å². The Hall–Kier alpha value is -0.0800. The molecule has 1 aliphatic heterocycles. The van der Waals surface area contributed by atoms with Crippen molar-refractivity contribution in [2.75, 3.05) is 26.2 Å². The lowest BCUT2D eigenvalue weighted by Gasteiger charge is -2.22. The number of rotatable bonds is 8. The first kappa shape index (κ1) is 14.0. The van der Waals surface area contributed by atoms with Crippen LogP contribution in [0.3, 0.4) is 0 Å². The Morgan fingerprint density at radius 3 is 2.50 bits per heavy atom. The second-order valence-electron chi connectivity index (χ2n) is 5.22. The Morgan fingerprint density at radius 2 is 1.88 bits per heavy atom. The van der Waals surface area contributed by atoms with Gasteiger partial charge in [-0.25, -0.2) is 0 Å². The summed E-state index contributed by atoms with van der Waals surface area (Å²) in [6, 6.07) is 0. The summed E-state index contributed by atoms with van der Waals surface area (Å²) < 4.78 is 0. The molecule has 0 aliphatic carbocycles. The number of hydrogen-bond donors (Lipinski definition) is 2. The van der Waals surface area contributed by atoms with Crippen LogP contribution in [0.4, 0.5) is 0 Å². The van der Waals surface area contributed by atoms with Gasteiger partial charge in [-0.15, -0.1) is 0 Å². The zero-order valence-corrected chi connectivity index (χ0v) is 11.2. The summed E-state index contributed by atoms with van der Waals surface area (Å²) in [5.74, 6) is 1.88. The van der Waals surface area contributed by atoms with Crippen LogP contribution >= 0.6 is 0 Å². The Morgan fingerprint density at radius 1 is 1.19 bits per heavy atom. The van der Waals surface area contributed by atoms with Crippen molar-refractivity contribution in [3.05, 3.63) is 0 Å². The average molecular weight is 226 g/mol. The van der Waals surface area contributed by atoms with E-state index in [4.69, 9.17) is 0 Å². The van der Waals surface area contributed by atoms with Crippen molar-refractivity contribution in [2.45, 2.75) is 52.4 Å². The van der Waals surface area contributed by atoms with Crippen molar-refractivity contribution in [2.24, 2.45) is 11.8 Å². The topological polar surface area (TPSA) is 24.1 Å². The summed E-state index contributed by atoms with van der Waals surface area (Å²) in [4.78, 5) is 0. The largest absolute Gasteiger partial charge is 0.317 e. The molecular weight excluding hydrogens is 196 g/mol. The highest BCUT2D eigenvalue weighted by atomic mass is 14.9. The van der Waals surface area contributed by atoms with Crippen LogP contribution in [0.15, 0.2) is 0 Å². The first-order valence-corrected chi connectivity index (χ1v) is 7.28. The van der Waals surface area contributed by atoms with Crippen LogP contribution < -0.4 is 10.6 Å². The predicted molar refractivity (Wildman–Crippen MR) is 71.8 cm³/mol. The number of hydrogen-bond acceptors (Lipinski definition) is 2. The quantitative estimate of drug-likeness (QED) is 0.622. The number of nitrogens with one attached hydrogen (secondary N) is 2. The maximum absolute atomic E-state index is 3.61. The minimum atomic E-state index is 0.888. The van der Waals surface area contributed by atoms with Gasteiger partial charge in [0.05, 0.1) is 0 Å². The van der Waals surface area contributed by atoms with Gasteiger partial charge < -0.3 is 10.6 Å². The van der Waals surface area contributed by atoms with Crippen LogP contribution in [0.5, 0.6) is 0 Å². The van der Waals surface area contributed by atoms with Crippen LogP contribution in [-0.2, 0) is 0 Å². The van der Waals surface area contributed by atoms with E-state index in [9.17, 15) is 0 Å². The lowest BCUT2D eigenvalue weighted by molar-refractivity contribution is 0.341. The van der Waals surface area contributed by atoms with E-state index >= 15 is 0 Å². The smallest absolute Gasteiger partial charge is 0.00207 e. The van der Waals surface area contributed by atoms with Gasteiger partial charge in [0.1, 0.15) is 0 Å². The first-order chi connectivity index (χ1) is 7.86. The summed E-state index contributed by atoms with van der Waals surface area (Å²) in [6.45, 7) is 9.52. The molecule has 1 saturated heterocycles. The molecule has 0 aromatic heterocycles. The maximum Gasteiger partial charge on any atom is -0.00207 e. The molecule has 0 saturated carbocycles. The van der Waals surface area contributed by atoms with E-state index in [0.717, 1.165) is 11.8 Å². The first-order valence-electron chi connectivity index (χ1n) is 7.28. The molecule has 96 valence electrons. The standard InChI is InChI=1S/C14H30N2/c1-3-13(4-2)12-16-9-5-6-14-7-10-15-11-8-14/h13-16H,3-12H2,1-2H3. The minimum absolute atomic E-state index is 0.888. The Labute approximate surface area is 102 Å². The van der Waals surface area contributed by atoms with Crippen LogP contribution in [0, 0.1) is 11.8 Å². The summed E-state index contributed by atoms with van der Waals surface area (Å²) in [7, 11) is 0. The van der Waals surface area contributed by atoms with Crippen LogP contribution in [0.1, 0.15) is 52.4 Å². The fraction of sp³-hybridized carbons (Fsp3) is 1.00. The second kappa shape index (κ2) is 9.00. The van der Waals surface area contributed by atoms with E-state index in [1.165, 1.54) is 64.7 Å². The zero-order valence-electron chi connectivity index (χ0n) is 11.2. The molecule has 0 spiro atoms. The zero-order chi connectivity index (χ0) is 11.6. The van der Waals surface area contributed by atoms with Crippen molar-refractivity contribution in [3.8, 4) is 0 Å². The van der Waals surface area contributed by atoms with Crippen molar-refractivity contribution in [1.82, 2.24) is 10.6 Å². The van der Waals surface area contributed by atoms with Crippen LogP contribution in [0.25, 0.3) is 0 Å². The second-order valence-corrected chi connectivity index (χ2v) is 5.22. The maximum atomic E-state index is 3.61. The van der Waals surface area contributed by atoms with Crippen molar-refractivity contribution < 1.29 is 0 Å². The van der Waals surface area contributed by atoms with Gasteiger partial charge in [-0.1, -0.05) is 26.7 Å². The lowest BCUT2D eigenvalue weighted by Crippen LogP contribution is -2.28. The van der Waals surface area contributed by atoms with E-state index in [0.29, 0.717) is 0 Å². The van der Waals surface area contributed by atoms with E-state index in [-0.39, 0.29) is 0 Å². The van der Waals surface area contributed by atoms with Gasteiger partial charge in [0.2, 0.25) is 0 Å². The van der Waals surface area contributed by atoms with Gasteiger partial charge in [0, 0.05) is 0 Å². The molecule has 2 N–H and O–H groups in total. The van der Waals surface area contributed by atoms with E-state index in [1.54, 1.807) is 0 Å². The molecule has 1 aliphatic rings. The van der Waals surface area contributed by atoms with Gasteiger partial charge in [0.15, 0.2) is 0 Å². The SMILES string of the molecule is CCC(CC)CNCCCC1CCNCC1. The van der Waals surface area contributed by atoms with Crippen LogP contribution in [-0.4, -0.2) is 26.2 Å². The Kier molecular flexibility index (Phi) is 7.87. The molecule has 2 heteroatoms. The predicted octanol–water partition coefficient (Wildman–Crippen LogP) is 2.79. The molecule has 0 amide bonds. The molecule has 1 fully saturated rings. The molecule has 0 radical (unpaired) electrons. The fourth-order valence-corrected chi connectivity index (χ4v) is 2.57. The van der Waals surface area contributed by atoms with Crippen molar-refractivity contribution >= 4 is 0 Å². The molecular formula is C14H30N2. The third-order valence-corrected chi connectivity index (χ3v) is 4.01. The van der Waals surface area contributed by atoms with Gasteiger partial charge in [-0.2, -0.15) is 0 Å². The lowest BCUT2D eigenvalue weighted by atomic mass is 9.93. The Bertz CT molecular complexity index is 149. The highest BCUT2D eigenvalue weighted by Crippen LogP contribution is 2.17. The van der Waals surface area contributed by atoms with E-state index in [1.807, 2.05) is 0 Å². The summed E-state index contributed by atoms with van der Waals surface area (Å²) in [5, 5.41) is 7.04. The average Bonchev–Trinajstić information content (AvgIpc) is 2.35.